The van der Waals surface area contributed by atoms with Crippen molar-refractivity contribution < 1.29 is 14.4 Å². The Labute approximate surface area is 193 Å². The number of nitro groups is 1. The normalized spacial score (nSPS) is 17.3. The molecule has 1 aliphatic rings. The lowest BCUT2D eigenvalue weighted by molar-refractivity contribution is -0.389. The number of hydrogen-bond acceptors (Lipinski definition) is 8. The highest BCUT2D eigenvalue weighted by Crippen LogP contribution is 2.23. The summed E-state index contributed by atoms with van der Waals surface area (Å²) in [5, 5.41) is 29.7. The van der Waals surface area contributed by atoms with Crippen LogP contribution in [0.2, 0.25) is 10.3 Å². The molecule has 32 heavy (non-hydrogen) atoms. The van der Waals surface area contributed by atoms with Crippen molar-refractivity contribution >= 4 is 46.2 Å². The van der Waals surface area contributed by atoms with Crippen LogP contribution in [0.4, 0.5) is 5.82 Å². The lowest BCUT2D eigenvalue weighted by atomic mass is 10.1. The molecule has 1 aromatic carbocycles. The summed E-state index contributed by atoms with van der Waals surface area (Å²) >= 11 is 12.0. The van der Waals surface area contributed by atoms with Gasteiger partial charge in [0.25, 0.3) is 0 Å². The van der Waals surface area contributed by atoms with Crippen LogP contribution in [0.1, 0.15) is 12.7 Å². The lowest BCUT2D eigenvalue weighted by Crippen LogP contribution is -2.51. The Kier molecular flexibility index (Phi) is 6.38. The second kappa shape index (κ2) is 9.07. The van der Waals surface area contributed by atoms with Crippen molar-refractivity contribution in [2.45, 2.75) is 19.1 Å². The van der Waals surface area contributed by atoms with Crippen LogP contribution in [0.25, 0.3) is 11.0 Å². The molecular formula is C20H22Cl2N6O4. The summed E-state index contributed by atoms with van der Waals surface area (Å²) in [7, 11) is 0. The topological polar surface area (TPSA) is 113 Å². The van der Waals surface area contributed by atoms with E-state index in [-0.39, 0.29) is 17.6 Å². The molecule has 3 heterocycles. The zero-order chi connectivity index (χ0) is 22.9. The van der Waals surface area contributed by atoms with Crippen LogP contribution in [0.3, 0.4) is 0 Å². The van der Waals surface area contributed by atoms with Crippen LogP contribution < -0.4 is 0 Å². The molecule has 1 N–H and O–H groups in total. The van der Waals surface area contributed by atoms with Crippen molar-refractivity contribution in [2.75, 3.05) is 32.7 Å². The van der Waals surface area contributed by atoms with Crippen molar-refractivity contribution in [1.29, 1.82) is 0 Å². The summed E-state index contributed by atoms with van der Waals surface area (Å²) in [5.74, 6) is 0.309. The fraction of sp³-hybridized carbons (Fsp3) is 0.400. The number of aliphatic hydroxyl groups is 1. The molecule has 2 aromatic heterocycles. The number of piperazine rings is 1. The van der Waals surface area contributed by atoms with Crippen molar-refractivity contribution in [2.24, 2.45) is 5.10 Å². The van der Waals surface area contributed by atoms with Gasteiger partial charge in [0, 0.05) is 43.1 Å². The maximum Gasteiger partial charge on any atom is 0.383 e. The molecule has 0 saturated carbocycles. The summed E-state index contributed by atoms with van der Waals surface area (Å²) in [6.07, 6.45) is 2.92. The van der Waals surface area contributed by atoms with E-state index in [0.717, 1.165) is 11.0 Å². The molecule has 1 saturated heterocycles. The Bertz CT molecular complexity index is 1150. The monoisotopic (exact) mass is 480 g/mol. The first kappa shape index (κ1) is 22.5. The fourth-order valence-corrected chi connectivity index (χ4v) is 4.10. The summed E-state index contributed by atoms with van der Waals surface area (Å²) < 4.78 is 7.13. The SMILES string of the molecule is C[C@](O)(CN1CCN(N=Cc2cc3cc(Cl)ccc3o2)CC1)Cn1cc([N+](=O)[O-])nc1Cl. The number of β-amino-alcohol motifs (C(OH)–C–C–N with tert-alkyl or cyclic N) is 1. The Morgan fingerprint density at radius 1 is 1.28 bits per heavy atom. The summed E-state index contributed by atoms with van der Waals surface area (Å²) in [6.45, 7) is 4.96. The fourth-order valence-electron chi connectivity index (χ4n) is 3.73. The highest BCUT2D eigenvalue weighted by molar-refractivity contribution is 6.31. The minimum Gasteiger partial charge on any atom is -0.455 e. The molecule has 1 fully saturated rings. The van der Waals surface area contributed by atoms with Crippen LogP contribution in [-0.4, -0.2) is 74.0 Å². The van der Waals surface area contributed by atoms with E-state index in [9.17, 15) is 15.2 Å². The van der Waals surface area contributed by atoms with Crippen molar-refractivity contribution in [1.82, 2.24) is 19.5 Å². The Balaban J connectivity index is 1.30. The van der Waals surface area contributed by atoms with Crippen LogP contribution in [0.15, 0.2) is 40.0 Å². The highest BCUT2D eigenvalue weighted by atomic mass is 35.5. The van der Waals surface area contributed by atoms with E-state index in [1.807, 2.05) is 23.2 Å². The van der Waals surface area contributed by atoms with Gasteiger partial charge in [-0.05, 0) is 52.7 Å². The zero-order valence-corrected chi connectivity index (χ0v) is 18.8. The molecule has 1 atom stereocenters. The predicted octanol–water partition coefficient (Wildman–Crippen LogP) is 3.25. The van der Waals surface area contributed by atoms with E-state index < -0.39 is 10.5 Å². The van der Waals surface area contributed by atoms with Gasteiger partial charge in [0.15, 0.2) is 0 Å². The van der Waals surface area contributed by atoms with Gasteiger partial charge in [0.1, 0.15) is 17.5 Å². The molecule has 0 spiro atoms. The van der Waals surface area contributed by atoms with E-state index >= 15 is 0 Å². The van der Waals surface area contributed by atoms with Gasteiger partial charge in [-0.15, -0.1) is 0 Å². The number of nitrogens with zero attached hydrogens (tertiary/aromatic N) is 6. The third kappa shape index (κ3) is 5.39. The average Bonchev–Trinajstić information content (AvgIpc) is 3.29. The van der Waals surface area contributed by atoms with Crippen molar-refractivity contribution in [3.8, 4) is 0 Å². The number of aromatic nitrogens is 2. The molecule has 0 unspecified atom stereocenters. The summed E-state index contributed by atoms with van der Waals surface area (Å²) in [6, 6.07) is 7.35. The number of hydrazone groups is 1. The van der Waals surface area contributed by atoms with Gasteiger partial charge in [-0.25, -0.2) is 0 Å². The minimum atomic E-state index is -1.14. The number of imidazole rings is 1. The van der Waals surface area contributed by atoms with E-state index in [2.05, 4.69) is 15.0 Å². The first-order chi connectivity index (χ1) is 15.2. The highest BCUT2D eigenvalue weighted by Gasteiger charge is 2.29. The standard InChI is InChI=1S/C20H22Cl2N6O4/c1-20(29,13-26-11-18(28(30)31)24-19(26)22)12-25-4-6-27(7-5-25)23-10-16-9-14-8-15(21)2-3-17(14)32-16/h2-3,8-11,29H,4-7,12-13H2,1H3/t20-/m0/s1. The van der Waals surface area contributed by atoms with Crippen molar-refractivity contribution in [3.63, 3.8) is 0 Å². The Hall–Kier alpha value is -2.66. The van der Waals surface area contributed by atoms with Crippen LogP contribution in [-0.2, 0) is 6.54 Å². The molecular weight excluding hydrogens is 459 g/mol. The van der Waals surface area contributed by atoms with Crippen LogP contribution in [0, 0.1) is 10.1 Å². The van der Waals surface area contributed by atoms with Crippen LogP contribution in [0.5, 0.6) is 0 Å². The molecule has 0 bridgehead atoms. The van der Waals surface area contributed by atoms with E-state index in [4.69, 9.17) is 27.6 Å². The molecule has 4 rings (SSSR count). The molecule has 3 aromatic rings. The average molecular weight is 481 g/mol. The predicted molar refractivity (Wildman–Crippen MR) is 121 cm³/mol. The molecule has 10 nitrogen and oxygen atoms in total. The van der Waals surface area contributed by atoms with E-state index in [1.165, 1.54) is 10.8 Å². The molecule has 1 aliphatic heterocycles. The third-order valence-electron chi connectivity index (χ3n) is 5.17. The van der Waals surface area contributed by atoms with Gasteiger partial charge < -0.3 is 19.6 Å². The van der Waals surface area contributed by atoms with Crippen molar-refractivity contribution in [3.05, 3.63) is 56.6 Å². The molecule has 0 aliphatic carbocycles. The smallest absolute Gasteiger partial charge is 0.383 e. The first-order valence-electron chi connectivity index (χ1n) is 9.98. The van der Waals surface area contributed by atoms with Gasteiger partial charge in [0.2, 0.25) is 0 Å². The maximum absolute atomic E-state index is 10.9. The number of hydrogen-bond donors (Lipinski definition) is 1. The number of halogens is 2. The van der Waals surface area contributed by atoms with Gasteiger partial charge in [-0.3, -0.25) is 14.5 Å². The lowest BCUT2D eigenvalue weighted by Gasteiger charge is -2.37. The number of benzene rings is 1. The third-order valence-corrected chi connectivity index (χ3v) is 5.71. The van der Waals surface area contributed by atoms with Crippen LogP contribution >= 0.6 is 23.2 Å². The summed E-state index contributed by atoms with van der Waals surface area (Å²) in [4.78, 5) is 16.0. The van der Waals surface area contributed by atoms with E-state index in [1.54, 1.807) is 19.2 Å². The van der Waals surface area contributed by atoms with Gasteiger partial charge in [0.05, 0.1) is 18.4 Å². The molecule has 170 valence electrons. The van der Waals surface area contributed by atoms with Gasteiger partial charge in [-0.1, -0.05) is 11.6 Å². The molecule has 0 radical (unpaired) electrons. The second-order valence-corrected chi connectivity index (χ2v) is 8.83. The first-order valence-corrected chi connectivity index (χ1v) is 10.7. The maximum atomic E-state index is 10.9. The zero-order valence-electron chi connectivity index (χ0n) is 17.3. The van der Waals surface area contributed by atoms with Gasteiger partial charge >= 0.3 is 11.1 Å². The Morgan fingerprint density at radius 3 is 2.72 bits per heavy atom. The number of fused-ring (bicyclic) bond motifs is 1. The second-order valence-electron chi connectivity index (χ2n) is 8.06. The number of furan rings is 1. The van der Waals surface area contributed by atoms with Gasteiger partial charge in [-0.2, -0.15) is 5.10 Å². The largest absolute Gasteiger partial charge is 0.455 e. The quantitative estimate of drug-likeness (QED) is 0.313. The number of rotatable bonds is 7. The van der Waals surface area contributed by atoms with E-state index in [0.29, 0.717) is 43.5 Å². The Morgan fingerprint density at radius 2 is 2.03 bits per heavy atom. The summed E-state index contributed by atoms with van der Waals surface area (Å²) in [5.41, 5.74) is -0.384. The minimum absolute atomic E-state index is 0.0241. The molecule has 0 amide bonds. The molecule has 12 heteroatoms.